The summed E-state index contributed by atoms with van der Waals surface area (Å²) in [6.45, 7) is 5.31. The highest BCUT2D eigenvalue weighted by Crippen LogP contribution is 2.22. The quantitative estimate of drug-likeness (QED) is 0.896. The van der Waals surface area contributed by atoms with Gasteiger partial charge in [0.05, 0.1) is 0 Å². The first-order chi connectivity index (χ1) is 9.36. The van der Waals surface area contributed by atoms with Crippen LogP contribution in [0.5, 0.6) is 0 Å². The molecule has 2 heterocycles. The maximum Gasteiger partial charge on any atom is 0.298 e. The van der Waals surface area contributed by atoms with E-state index < -0.39 is 0 Å². The Morgan fingerprint density at radius 2 is 2.32 bits per heavy atom. The van der Waals surface area contributed by atoms with Crippen molar-refractivity contribution in [2.24, 2.45) is 0 Å². The summed E-state index contributed by atoms with van der Waals surface area (Å²) in [6.07, 6.45) is 3.63. The fourth-order valence-corrected chi connectivity index (χ4v) is 2.71. The summed E-state index contributed by atoms with van der Waals surface area (Å²) in [4.78, 5) is 6.87. The highest BCUT2D eigenvalue weighted by Gasteiger charge is 2.20. The number of nitrogens with one attached hydrogen (secondary N) is 1. The molecule has 102 valence electrons. The molecule has 19 heavy (non-hydrogen) atoms. The van der Waals surface area contributed by atoms with Crippen molar-refractivity contribution in [3.05, 3.63) is 24.3 Å². The Labute approximate surface area is 113 Å². The van der Waals surface area contributed by atoms with E-state index >= 15 is 0 Å². The van der Waals surface area contributed by atoms with Gasteiger partial charge in [0.15, 0.2) is 5.58 Å². The number of nitrogens with zero attached hydrogens (tertiary/aromatic N) is 2. The molecule has 4 nitrogen and oxygen atoms in total. The summed E-state index contributed by atoms with van der Waals surface area (Å²) < 4.78 is 5.88. The van der Waals surface area contributed by atoms with Crippen LogP contribution in [0.25, 0.3) is 11.1 Å². The van der Waals surface area contributed by atoms with E-state index in [0.29, 0.717) is 6.04 Å². The molecule has 1 unspecified atom stereocenters. The van der Waals surface area contributed by atoms with Gasteiger partial charge < -0.3 is 14.6 Å². The zero-order chi connectivity index (χ0) is 13.1. The molecule has 1 N–H and O–H groups in total. The van der Waals surface area contributed by atoms with Gasteiger partial charge in [0, 0.05) is 19.1 Å². The number of anilines is 1. The standard InChI is InChI=1S/C15H21N3O/c1-2-10-18(11-12-6-5-9-16-12)15-17-13-7-3-4-8-14(13)19-15/h3-4,7-8,12,16H,2,5-6,9-11H2,1H3. The smallest absolute Gasteiger partial charge is 0.298 e. The van der Waals surface area contributed by atoms with Crippen molar-refractivity contribution in [2.75, 3.05) is 24.5 Å². The summed E-state index contributed by atoms with van der Waals surface area (Å²) in [5.74, 6) is 0. The Balaban J connectivity index is 1.81. The average Bonchev–Trinajstić information content (AvgIpc) is 3.06. The van der Waals surface area contributed by atoms with E-state index in [0.717, 1.165) is 43.2 Å². The third-order valence-corrected chi connectivity index (χ3v) is 3.65. The van der Waals surface area contributed by atoms with Crippen molar-refractivity contribution in [3.63, 3.8) is 0 Å². The second-order valence-electron chi connectivity index (χ2n) is 5.20. The van der Waals surface area contributed by atoms with Crippen LogP contribution in [0.1, 0.15) is 26.2 Å². The van der Waals surface area contributed by atoms with Gasteiger partial charge in [-0.1, -0.05) is 19.1 Å². The SMILES string of the molecule is CCCN(CC1CCCN1)c1nc2ccccc2o1. The highest BCUT2D eigenvalue weighted by atomic mass is 16.4. The van der Waals surface area contributed by atoms with Crippen molar-refractivity contribution in [3.8, 4) is 0 Å². The first-order valence-electron chi connectivity index (χ1n) is 7.20. The molecular formula is C15H21N3O. The monoisotopic (exact) mass is 259 g/mol. The van der Waals surface area contributed by atoms with E-state index in [1.807, 2.05) is 24.3 Å². The van der Waals surface area contributed by atoms with Crippen LogP contribution < -0.4 is 10.2 Å². The van der Waals surface area contributed by atoms with E-state index in [4.69, 9.17) is 4.42 Å². The van der Waals surface area contributed by atoms with Crippen molar-refractivity contribution >= 4 is 17.1 Å². The molecule has 0 aliphatic carbocycles. The van der Waals surface area contributed by atoms with Crippen molar-refractivity contribution in [1.82, 2.24) is 10.3 Å². The number of benzene rings is 1. The van der Waals surface area contributed by atoms with Crippen LogP contribution in [0.15, 0.2) is 28.7 Å². The minimum atomic E-state index is 0.571. The average molecular weight is 259 g/mol. The lowest BCUT2D eigenvalue weighted by atomic mass is 10.2. The predicted octanol–water partition coefficient (Wildman–Crippen LogP) is 2.80. The molecule has 1 atom stereocenters. The lowest BCUT2D eigenvalue weighted by Crippen LogP contribution is -2.38. The molecule has 0 saturated carbocycles. The van der Waals surface area contributed by atoms with Gasteiger partial charge in [-0.05, 0) is 37.9 Å². The van der Waals surface area contributed by atoms with Crippen LogP contribution in [-0.2, 0) is 0 Å². The van der Waals surface area contributed by atoms with Gasteiger partial charge in [0.2, 0.25) is 0 Å². The Kier molecular flexibility index (Phi) is 3.69. The van der Waals surface area contributed by atoms with Gasteiger partial charge in [0.25, 0.3) is 6.01 Å². The number of para-hydroxylation sites is 2. The van der Waals surface area contributed by atoms with Crippen LogP contribution in [0, 0.1) is 0 Å². The summed E-state index contributed by atoms with van der Waals surface area (Å²) in [5, 5.41) is 3.54. The van der Waals surface area contributed by atoms with E-state index in [9.17, 15) is 0 Å². The number of aromatic nitrogens is 1. The fourth-order valence-electron chi connectivity index (χ4n) is 2.71. The second-order valence-corrected chi connectivity index (χ2v) is 5.20. The summed E-state index contributed by atoms with van der Waals surface area (Å²) in [6, 6.07) is 9.29. The van der Waals surface area contributed by atoms with Crippen LogP contribution in [0.4, 0.5) is 6.01 Å². The molecule has 0 radical (unpaired) electrons. The van der Waals surface area contributed by atoms with Gasteiger partial charge in [-0.2, -0.15) is 4.98 Å². The molecule has 1 aromatic carbocycles. The molecule has 0 bridgehead atoms. The van der Waals surface area contributed by atoms with E-state index in [-0.39, 0.29) is 0 Å². The second kappa shape index (κ2) is 5.61. The number of hydrogen-bond donors (Lipinski definition) is 1. The minimum absolute atomic E-state index is 0.571. The third kappa shape index (κ3) is 2.73. The minimum Gasteiger partial charge on any atom is -0.423 e. The third-order valence-electron chi connectivity index (χ3n) is 3.65. The molecule has 1 fully saturated rings. The van der Waals surface area contributed by atoms with Crippen molar-refractivity contribution in [1.29, 1.82) is 0 Å². The topological polar surface area (TPSA) is 41.3 Å². The molecule has 1 aliphatic heterocycles. The maximum absolute atomic E-state index is 5.88. The molecule has 1 saturated heterocycles. The highest BCUT2D eigenvalue weighted by molar-refractivity contribution is 5.74. The van der Waals surface area contributed by atoms with Crippen LogP contribution >= 0.6 is 0 Å². The van der Waals surface area contributed by atoms with E-state index in [1.165, 1.54) is 12.8 Å². The van der Waals surface area contributed by atoms with Crippen molar-refractivity contribution in [2.45, 2.75) is 32.2 Å². The molecule has 4 heteroatoms. The molecule has 3 rings (SSSR count). The van der Waals surface area contributed by atoms with Crippen LogP contribution in [0.3, 0.4) is 0 Å². The van der Waals surface area contributed by atoms with Crippen LogP contribution in [0.2, 0.25) is 0 Å². The molecular weight excluding hydrogens is 238 g/mol. The van der Waals surface area contributed by atoms with E-state index in [2.05, 4.69) is 22.1 Å². The summed E-state index contributed by atoms with van der Waals surface area (Å²) in [5.41, 5.74) is 1.82. The first kappa shape index (κ1) is 12.5. The molecule has 1 aliphatic rings. The number of rotatable bonds is 5. The Morgan fingerprint density at radius 3 is 3.05 bits per heavy atom. The largest absolute Gasteiger partial charge is 0.423 e. The van der Waals surface area contributed by atoms with Gasteiger partial charge in [-0.25, -0.2) is 0 Å². The zero-order valence-corrected chi connectivity index (χ0v) is 11.4. The van der Waals surface area contributed by atoms with Gasteiger partial charge in [0.1, 0.15) is 5.52 Å². The Hall–Kier alpha value is -1.55. The Morgan fingerprint density at radius 1 is 1.42 bits per heavy atom. The van der Waals surface area contributed by atoms with Crippen LogP contribution in [-0.4, -0.2) is 30.7 Å². The van der Waals surface area contributed by atoms with Gasteiger partial charge in [-0.3, -0.25) is 0 Å². The normalized spacial score (nSPS) is 19.1. The lowest BCUT2D eigenvalue weighted by Gasteiger charge is -2.23. The van der Waals surface area contributed by atoms with E-state index in [1.54, 1.807) is 0 Å². The summed E-state index contributed by atoms with van der Waals surface area (Å²) in [7, 11) is 0. The molecule has 2 aromatic rings. The molecule has 1 aromatic heterocycles. The lowest BCUT2D eigenvalue weighted by molar-refractivity contribution is 0.519. The van der Waals surface area contributed by atoms with Gasteiger partial charge in [-0.15, -0.1) is 0 Å². The predicted molar refractivity (Wildman–Crippen MR) is 77.5 cm³/mol. The number of oxazole rings is 1. The van der Waals surface area contributed by atoms with Crippen molar-refractivity contribution < 1.29 is 4.42 Å². The summed E-state index contributed by atoms with van der Waals surface area (Å²) >= 11 is 0. The maximum atomic E-state index is 5.88. The first-order valence-corrected chi connectivity index (χ1v) is 7.20. The Bertz CT molecular complexity index is 498. The fraction of sp³-hybridized carbons (Fsp3) is 0.533. The molecule has 0 spiro atoms. The zero-order valence-electron chi connectivity index (χ0n) is 11.4. The number of fused-ring (bicyclic) bond motifs is 1. The molecule has 0 amide bonds. The number of hydrogen-bond acceptors (Lipinski definition) is 4. The van der Waals surface area contributed by atoms with Gasteiger partial charge >= 0.3 is 0 Å².